The van der Waals surface area contributed by atoms with Crippen LogP contribution in [0.25, 0.3) is 0 Å². The zero-order chi connectivity index (χ0) is 11.0. The average molecular weight is 253 g/mol. The van der Waals surface area contributed by atoms with Crippen molar-refractivity contribution in [1.82, 2.24) is 4.98 Å². The quantitative estimate of drug-likeness (QED) is 0.783. The van der Waals surface area contributed by atoms with Gasteiger partial charge in [-0.1, -0.05) is 19.3 Å². The van der Waals surface area contributed by atoms with Gasteiger partial charge in [0, 0.05) is 22.5 Å². The number of thiol groups is 1. The van der Waals surface area contributed by atoms with Crippen molar-refractivity contribution in [2.75, 3.05) is 0 Å². The van der Waals surface area contributed by atoms with Crippen molar-refractivity contribution in [2.45, 2.75) is 62.5 Å². The highest BCUT2D eigenvalue weighted by atomic mass is 32.1. The molecular formula is C13H19NS2. The van der Waals surface area contributed by atoms with Gasteiger partial charge < -0.3 is 0 Å². The molecule has 3 heteroatoms. The monoisotopic (exact) mass is 253 g/mol. The molecule has 0 spiro atoms. The Balaban J connectivity index is 1.83. The van der Waals surface area contributed by atoms with Crippen molar-refractivity contribution in [3.8, 4) is 0 Å². The fraction of sp³-hybridized carbons (Fsp3) is 0.769. The van der Waals surface area contributed by atoms with E-state index in [1.165, 1.54) is 60.5 Å². The van der Waals surface area contributed by atoms with E-state index in [1.54, 1.807) is 0 Å². The van der Waals surface area contributed by atoms with Crippen LogP contribution in [-0.2, 0) is 5.75 Å². The molecule has 1 aromatic rings. The molecule has 0 bridgehead atoms. The third-order valence-electron chi connectivity index (χ3n) is 3.81. The number of thiazole rings is 1. The summed E-state index contributed by atoms with van der Waals surface area (Å²) in [5.41, 5.74) is 1.40. The summed E-state index contributed by atoms with van der Waals surface area (Å²) in [4.78, 5) is 6.39. The molecule has 2 aliphatic rings. The van der Waals surface area contributed by atoms with Gasteiger partial charge in [-0.2, -0.15) is 12.6 Å². The normalized spacial score (nSPS) is 22.6. The predicted octanol–water partition coefficient (Wildman–Crippen LogP) is 4.50. The van der Waals surface area contributed by atoms with Gasteiger partial charge in [0.15, 0.2) is 0 Å². The Kier molecular flexibility index (Phi) is 3.25. The molecule has 16 heavy (non-hydrogen) atoms. The van der Waals surface area contributed by atoms with Crippen molar-refractivity contribution < 1.29 is 0 Å². The predicted molar refractivity (Wildman–Crippen MR) is 72.6 cm³/mol. The number of rotatable bonds is 3. The maximum Gasteiger partial charge on any atom is 0.0962 e. The Morgan fingerprint density at radius 3 is 2.44 bits per heavy atom. The standard InChI is InChI=1S/C13H19NS2/c15-8-11-12(9-6-7-9)14-13(16-11)10-4-2-1-3-5-10/h9-10,15H,1-8H2. The summed E-state index contributed by atoms with van der Waals surface area (Å²) in [6.45, 7) is 0. The minimum atomic E-state index is 0.768. The summed E-state index contributed by atoms with van der Waals surface area (Å²) in [5, 5.41) is 1.42. The van der Waals surface area contributed by atoms with Crippen LogP contribution in [0.1, 0.15) is 72.4 Å². The van der Waals surface area contributed by atoms with Crippen LogP contribution in [0.3, 0.4) is 0 Å². The Morgan fingerprint density at radius 1 is 1.06 bits per heavy atom. The zero-order valence-electron chi connectivity index (χ0n) is 9.61. The van der Waals surface area contributed by atoms with Gasteiger partial charge >= 0.3 is 0 Å². The van der Waals surface area contributed by atoms with Crippen molar-refractivity contribution in [3.05, 3.63) is 15.6 Å². The number of hydrogen-bond donors (Lipinski definition) is 1. The third kappa shape index (κ3) is 2.17. The fourth-order valence-electron chi connectivity index (χ4n) is 2.70. The van der Waals surface area contributed by atoms with Gasteiger partial charge in [0.25, 0.3) is 0 Å². The fourth-order valence-corrected chi connectivity index (χ4v) is 4.23. The van der Waals surface area contributed by atoms with Gasteiger partial charge in [-0.05, 0) is 25.7 Å². The molecule has 0 aliphatic heterocycles. The molecule has 88 valence electrons. The van der Waals surface area contributed by atoms with E-state index in [1.807, 2.05) is 11.3 Å². The number of aromatic nitrogens is 1. The first-order valence-corrected chi connectivity index (χ1v) is 7.93. The molecule has 0 atom stereocenters. The van der Waals surface area contributed by atoms with Crippen LogP contribution in [0, 0.1) is 0 Å². The molecule has 2 saturated carbocycles. The van der Waals surface area contributed by atoms with Crippen LogP contribution in [-0.4, -0.2) is 4.98 Å². The minimum Gasteiger partial charge on any atom is -0.245 e. The highest BCUT2D eigenvalue weighted by molar-refractivity contribution is 7.79. The van der Waals surface area contributed by atoms with E-state index in [2.05, 4.69) is 12.6 Å². The van der Waals surface area contributed by atoms with E-state index in [-0.39, 0.29) is 0 Å². The van der Waals surface area contributed by atoms with Gasteiger partial charge in [-0.15, -0.1) is 11.3 Å². The second-order valence-electron chi connectivity index (χ2n) is 5.13. The minimum absolute atomic E-state index is 0.768. The lowest BCUT2D eigenvalue weighted by Gasteiger charge is -2.18. The molecule has 1 aromatic heterocycles. The summed E-state index contributed by atoms with van der Waals surface area (Å²) >= 11 is 6.40. The van der Waals surface area contributed by atoms with Crippen LogP contribution in [0.2, 0.25) is 0 Å². The van der Waals surface area contributed by atoms with Gasteiger partial charge in [-0.25, -0.2) is 4.98 Å². The third-order valence-corrected chi connectivity index (χ3v) is 5.57. The molecule has 1 heterocycles. The number of nitrogens with zero attached hydrogens (tertiary/aromatic N) is 1. The molecule has 0 aromatic carbocycles. The summed E-state index contributed by atoms with van der Waals surface area (Å²) in [7, 11) is 0. The summed E-state index contributed by atoms with van der Waals surface area (Å²) in [6, 6.07) is 0. The van der Waals surface area contributed by atoms with Gasteiger partial charge in [-0.3, -0.25) is 0 Å². The topological polar surface area (TPSA) is 12.9 Å². The van der Waals surface area contributed by atoms with Crippen molar-refractivity contribution in [2.24, 2.45) is 0 Å². The zero-order valence-corrected chi connectivity index (χ0v) is 11.3. The summed E-state index contributed by atoms with van der Waals surface area (Å²) in [6.07, 6.45) is 9.67. The smallest absolute Gasteiger partial charge is 0.0962 e. The second-order valence-corrected chi connectivity index (χ2v) is 6.56. The molecule has 2 fully saturated rings. The first-order valence-electron chi connectivity index (χ1n) is 6.49. The molecular weight excluding hydrogens is 234 g/mol. The van der Waals surface area contributed by atoms with Crippen molar-refractivity contribution in [3.63, 3.8) is 0 Å². The first-order chi connectivity index (χ1) is 7.88. The van der Waals surface area contributed by atoms with Crippen molar-refractivity contribution >= 4 is 24.0 Å². The SMILES string of the molecule is SCc1sc(C2CCCCC2)nc1C1CC1. The van der Waals surface area contributed by atoms with Crippen LogP contribution in [0.5, 0.6) is 0 Å². The van der Waals surface area contributed by atoms with E-state index >= 15 is 0 Å². The Morgan fingerprint density at radius 2 is 1.81 bits per heavy atom. The van der Waals surface area contributed by atoms with Crippen molar-refractivity contribution in [1.29, 1.82) is 0 Å². The molecule has 0 amide bonds. The van der Waals surface area contributed by atoms with Gasteiger partial charge in [0.2, 0.25) is 0 Å². The summed E-state index contributed by atoms with van der Waals surface area (Å²) < 4.78 is 0. The van der Waals surface area contributed by atoms with E-state index in [0.717, 1.165) is 17.6 Å². The number of hydrogen-bond acceptors (Lipinski definition) is 3. The first kappa shape index (κ1) is 11.1. The lowest BCUT2D eigenvalue weighted by atomic mass is 9.90. The van der Waals surface area contributed by atoms with E-state index in [9.17, 15) is 0 Å². The highest BCUT2D eigenvalue weighted by Crippen LogP contribution is 2.45. The molecule has 0 N–H and O–H groups in total. The van der Waals surface area contributed by atoms with Crippen LogP contribution >= 0.6 is 24.0 Å². The van der Waals surface area contributed by atoms with E-state index < -0.39 is 0 Å². The van der Waals surface area contributed by atoms with Gasteiger partial charge in [0.1, 0.15) is 0 Å². The van der Waals surface area contributed by atoms with Crippen LogP contribution < -0.4 is 0 Å². The van der Waals surface area contributed by atoms with E-state index in [4.69, 9.17) is 4.98 Å². The molecule has 0 saturated heterocycles. The maximum absolute atomic E-state index is 4.94. The highest BCUT2D eigenvalue weighted by Gasteiger charge is 2.30. The molecule has 0 radical (unpaired) electrons. The molecule has 1 nitrogen and oxygen atoms in total. The van der Waals surface area contributed by atoms with Gasteiger partial charge in [0.05, 0.1) is 10.7 Å². The summed E-state index contributed by atoms with van der Waals surface area (Å²) in [5.74, 6) is 2.44. The lowest BCUT2D eigenvalue weighted by molar-refractivity contribution is 0.442. The lowest BCUT2D eigenvalue weighted by Crippen LogP contribution is -2.04. The Labute approximate surface area is 107 Å². The average Bonchev–Trinajstić information content (AvgIpc) is 3.10. The maximum atomic E-state index is 4.94. The van der Waals surface area contributed by atoms with Crippen LogP contribution in [0.15, 0.2) is 0 Å². The second kappa shape index (κ2) is 4.69. The molecule has 2 aliphatic carbocycles. The Bertz CT molecular complexity index is 362. The molecule has 3 rings (SSSR count). The van der Waals surface area contributed by atoms with Crippen LogP contribution in [0.4, 0.5) is 0 Å². The Hall–Kier alpha value is -0.0200. The largest absolute Gasteiger partial charge is 0.245 e. The molecule has 0 unspecified atom stereocenters. The van der Waals surface area contributed by atoms with E-state index in [0.29, 0.717) is 0 Å².